The topological polar surface area (TPSA) is 39.2 Å². The molecule has 1 aromatic rings. The summed E-state index contributed by atoms with van der Waals surface area (Å²) in [6, 6.07) is 2.76. The summed E-state index contributed by atoms with van der Waals surface area (Å²) in [7, 11) is 0. The zero-order chi connectivity index (χ0) is 13.2. The minimum Gasteiger partial charge on any atom is -0.465 e. The molecule has 0 spiro atoms. The summed E-state index contributed by atoms with van der Waals surface area (Å²) in [6.45, 7) is 0.345. The molecule has 0 N–H and O–H groups in total. The Labute approximate surface area is 106 Å². The second kappa shape index (κ2) is 8.24. The van der Waals surface area contributed by atoms with Crippen LogP contribution in [0.2, 0.25) is 0 Å². The molecule has 0 aliphatic carbocycles. The van der Waals surface area contributed by atoms with Gasteiger partial charge in [0, 0.05) is 12.6 Å². The van der Waals surface area contributed by atoms with E-state index in [0.29, 0.717) is 6.61 Å². The molecule has 0 unspecified atom stereocenters. The number of pyridine rings is 1. The van der Waals surface area contributed by atoms with Crippen LogP contribution in [-0.4, -0.2) is 17.6 Å². The molecule has 0 radical (unpaired) electrons. The van der Waals surface area contributed by atoms with Crippen molar-refractivity contribution >= 4 is 5.97 Å². The third kappa shape index (κ3) is 5.44. The molecule has 3 nitrogen and oxygen atoms in total. The molecule has 1 aromatic heterocycles. The molecule has 0 aromatic carbocycles. The van der Waals surface area contributed by atoms with Crippen LogP contribution >= 0.6 is 0 Å². The maximum absolute atomic E-state index is 13.2. The first-order valence-corrected chi connectivity index (χ1v) is 5.92. The molecule has 0 amide bonds. The molecule has 0 aliphatic rings. The van der Waals surface area contributed by atoms with E-state index in [2.05, 4.69) is 10.9 Å². The lowest BCUT2D eigenvalue weighted by molar-refractivity contribution is -0.143. The molecule has 0 saturated heterocycles. The van der Waals surface area contributed by atoms with E-state index in [1.54, 1.807) is 0 Å². The number of terminal acetylenes is 1. The number of aromatic nitrogens is 1. The predicted octanol–water partition coefficient (Wildman–Crippen LogP) is 2.50. The van der Waals surface area contributed by atoms with Crippen molar-refractivity contribution < 1.29 is 13.9 Å². The van der Waals surface area contributed by atoms with Crippen molar-refractivity contribution in [1.82, 2.24) is 4.98 Å². The molecule has 0 aliphatic heterocycles. The first-order chi connectivity index (χ1) is 8.74. The smallest absolute Gasteiger partial charge is 0.311 e. The average Bonchev–Trinajstić information content (AvgIpc) is 2.36. The molecule has 96 valence electrons. The predicted molar refractivity (Wildman–Crippen MR) is 66.2 cm³/mol. The van der Waals surface area contributed by atoms with E-state index in [0.717, 1.165) is 25.7 Å². The van der Waals surface area contributed by atoms with E-state index in [1.807, 2.05) is 0 Å². The minimum atomic E-state index is -0.483. The molecule has 0 saturated carbocycles. The fourth-order valence-corrected chi connectivity index (χ4v) is 1.43. The Morgan fingerprint density at radius 3 is 3.00 bits per heavy atom. The summed E-state index contributed by atoms with van der Waals surface area (Å²) in [5.41, 5.74) is 0.120. The van der Waals surface area contributed by atoms with Crippen LogP contribution in [0.4, 0.5) is 4.39 Å². The minimum absolute atomic E-state index is 0.120. The lowest BCUT2D eigenvalue weighted by Gasteiger charge is -2.04. The van der Waals surface area contributed by atoms with Gasteiger partial charge in [0.15, 0.2) is 0 Å². The van der Waals surface area contributed by atoms with Crippen molar-refractivity contribution in [2.24, 2.45) is 0 Å². The fourth-order valence-electron chi connectivity index (χ4n) is 1.43. The number of halogens is 1. The van der Waals surface area contributed by atoms with E-state index in [-0.39, 0.29) is 12.1 Å². The normalized spacial score (nSPS) is 9.78. The van der Waals surface area contributed by atoms with Gasteiger partial charge in [-0.05, 0) is 31.4 Å². The van der Waals surface area contributed by atoms with Crippen LogP contribution in [0.3, 0.4) is 0 Å². The molecule has 4 heteroatoms. The average molecular weight is 249 g/mol. The number of esters is 1. The molecule has 0 bridgehead atoms. The molecular formula is C14H16FNO2. The van der Waals surface area contributed by atoms with Crippen LogP contribution in [0.15, 0.2) is 18.3 Å². The van der Waals surface area contributed by atoms with Gasteiger partial charge in [-0.1, -0.05) is 0 Å². The summed E-state index contributed by atoms with van der Waals surface area (Å²) < 4.78 is 18.2. The highest BCUT2D eigenvalue weighted by molar-refractivity contribution is 5.71. The van der Waals surface area contributed by atoms with Crippen molar-refractivity contribution in [3.63, 3.8) is 0 Å². The van der Waals surface area contributed by atoms with Gasteiger partial charge in [-0.2, -0.15) is 0 Å². The van der Waals surface area contributed by atoms with E-state index in [4.69, 9.17) is 11.2 Å². The van der Waals surface area contributed by atoms with Crippen molar-refractivity contribution in [2.45, 2.75) is 32.1 Å². The Hall–Kier alpha value is -1.89. The lowest BCUT2D eigenvalue weighted by Crippen LogP contribution is -2.11. The van der Waals surface area contributed by atoms with E-state index >= 15 is 0 Å². The second-order valence-corrected chi connectivity index (χ2v) is 3.84. The van der Waals surface area contributed by atoms with Gasteiger partial charge in [0.2, 0.25) is 0 Å². The maximum Gasteiger partial charge on any atom is 0.311 e. The van der Waals surface area contributed by atoms with Crippen molar-refractivity contribution in [3.8, 4) is 12.3 Å². The second-order valence-electron chi connectivity index (χ2n) is 3.84. The Morgan fingerprint density at radius 2 is 2.28 bits per heavy atom. The summed E-state index contributed by atoms with van der Waals surface area (Å²) in [5, 5.41) is 0. The van der Waals surface area contributed by atoms with Gasteiger partial charge >= 0.3 is 5.97 Å². The van der Waals surface area contributed by atoms with Crippen LogP contribution in [0, 0.1) is 18.2 Å². The SMILES string of the molecule is C#CCCCCCOC(=O)Cc1ncccc1F. The van der Waals surface area contributed by atoms with Gasteiger partial charge in [-0.3, -0.25) is 9.78 Å². The van der Waals surface area contributed by atoms with Crippen LogP contribution in [0.5, 0.6) is 0 Å². The van der Waals surface area contributed by atoms with Crippen molar-refractivity contribution in [1.29, 1.82) is 0 Å². The zero-order valence-corrected chi connectivity index (χ0v) is 10.2. The number of rotatable bonds is 7. The number of nitrogens with zero attached hydrogens (tertiary/aromatic N) is 1. The van der Waals surface area contributed by atoms with Gasteiger partial charge in [0.05, 0.1) is 18.7 Å². The van der Waals surface area contributed by atoms with E-state index < -0.39 is 11.8 Å². The Morgan fingerprint density at radius 1 is 1.44 bits per heavy atom. The van der Waals surface area contributed by atoms with Gasteiger partial charge < -0.3 is 4.74 Å². The summed E-state index contributed by atoms with van der Waals surface area (Å²) in [4.78, 5) is 15.2. The van der Waals surface area contributed by atoms with Crippen LogP contribution < -0.4 is 0 Å². The highest BCUT2D eigenvalue weighted by Crippen LogP contribution is 2.05. The molecule has 0 fully saturated rings. The maximum atomic E-state index is 13.2. The van der Waals surface area contributed by atoms with Crippen molar-refractivity contribution in [3.05, 3.63) is 29.8 Å². The Kier molecular flexibility index (Phi) is 6.49. The summed E-state index contributed by atoms with van der Waals surface area (Å²) in [5.74, 6) is 1.61. The number of unbranched alkanes of at least 4 members (excludes halogenated alkanes) is 3. The van der Waals surface area contributed by atoms with Crippen molar-refractivity contribution in [2.75, 3.05) is 6.61 Å². The van der Waals surface area contributed by atoms with E-state index in [9.17, 15) is 9.18 Å². The lowest BCUT2D eigenvalue weighted by atomic mass is 10.2. The molecule has 1 heterocycles. The largest absolute Gasteiger partial charge is 0.465 e. The van der Waals surface area contributed by atoms with Crippen LogP contribution in [0.1, 0.15) is 31.4 Å². The fraction of sp³-hybridized carbons (Fsp3) is 0.429. The first-order valence-electron chi connectivity index (χ1n) is 5.92. The van der Waals surface area contributed by atoms with Gasteiger partial charge in [-0.25, -0.2) is 4.39 Å². The Balaban J connectivity index is 2.19. The zero-order valence-electron chi connectivity index (χ0n) is 10.2. The number of hydrogen-bond donors (Lipinski definition) is 0. The first kappa shape index (κ1) is 14.2. The number of carbonyl (C=O) groups excluding carboxylic acids is 1. The molecular weight excluding hydrogens is 233 g/mol. The Bertz CT molecular complexity index is 426. The molecule has 18 heavy (non-hydrogen) atoms. The van der Waals surface area contributed by atoms with Crippen LogP contribution in [0.25, 0.3) is 0 Å². The summed E-state index contributed by atoms with van der Waals surface area (Å²) >= 11 is 0. The van der Waals surface area contributed by atoms with E-state index in [1.165, 1.54) is 18.3 Å². The van der Waals surface area contributed by atoms with Gasteiger partial charge in [-0.15, -0.1) is 12.3 Å². The number of carbonyl (C=O) groups is 1. The highest BCUT2D eigenvalue weighted by atomic mass is 19.1. The summed E-state index contributed by atoms with van der Waals surface area (Å²) in [6.07, 6.45) is 9.81. The number of ether oxygens (including phenoxy) is 1. The standard InChI is InChI=1S/C14H16FNO2/c1-2-3-4-5-6-10-18-14(17)11-13-12(15)8-7-9-16-13/h1,7-9H,3-6,10-11H2. The number of hydrogen-bond acceptors (Lipinski definition) is 3. The van der Waals surface area contributed by atoms with Gasteiger partial charge in [0.1, 0.15) is 5.82 Å². The third-order valence-electron chi connectivity index (χ3n) is 2.37. The highest BCUT2D eigenvalue weighted by Gasteiger charge is 2.09. The molecule has 1 rings (SSSR count). The van der Waals surface area contributed by atoms with Gasteiger partial charge in [0.25, 0.3) is 0 Å². The van der Waals surface area contributed by atoms with Crippen LogP contribution in [-0.2, 0) is 16.0 Å². The third-order valence-corrected chi connectivity index (χ3v) is 2.37. The quantitative estimate of drug-likeness (QED) is 0.423. The monoisotopic (exact) mass is 249 g/mol. The molecule has 0 atom stereocenters.